The molecule has 4 nitrogen and oxygen atoms in total. The minimum Gasteiger partial charge on any atom is -0.345 e. The Morgan fingerprint density at radius 3 is 2.38 bits per heavy atom. The number of hydrogen-bond donors (Lipinski definition) is 1. The fraction of sp³-hybridized carbons (Fsp3) is 0.278. The van der Waals surface area contributed by atoms with Crippen LogP contribution in [0.25, 0.3) is 11.0 Å². The molecule has 6 heteroatoms. The molecule has 0 unspecified atom stereocenters. The average Bonchev–Trinajstić information content (AvgIpc) is 2.92. The summed E-state index contributed by atoms with van der Waals surface area (Å²) >= 11 is 0. The third-order valence-electron chi connectivity index (χ3n) is 3.84. The molecular formula is C18H20N2O2S2. The van der Waals surface area contributed by atoms with Gasteiger partial charge in [0, 0.05) is 15.7 Å². The monoisotopic (exact) mass is 360 g/mol. The summed E-state index contributed by atoms with van der Waals surface area (Å²) in [6, 6.07) is 10.8. The van der Waals surface area contributed by atoms with Crippen LogP contribution < -0.4 is 0 Å². The lowest BCUT2D eigenvalue weighted by Crippen LogP contribution is -2.13. The molecule has 0 fully saturated rings. The summed E-state index contributed by atoms with van der Waals surface area (Å²) in [6.45, 7) is 8.17. The summed E-state index contributed by atoms with van der Waals surface area (Å²) in [7, 11) is -2.59. The maximum Gasteiger partial charge on any atom is 0.234 e. The first kappa shape index (κ1) is 17.0. The van der Waals surface area contributed by atoms with Crippen molar-refractivity contribution in [2.75, 3.05) is 0 Å². The molecule has 0 saturated carbocycles. The van der Waals surface area contributed by atoms with Crippen LogP contribution >= 0.6 is 10.8 Å². The van der Waals surface area contributed by atoms with Crippen molar-refractivity contribution in [2.24, 2.45) is 0 Å². The normalized spacial score (nSPS) is 12.7. The van der Waals surface area contributed by atoms with Crippen LogP contribution in [0, 0.1) is 6.92 Å². The molecule has 24 heavy (non-hydrogen) atoms. The Morgan fingerprint density at radius 2 is 1.75 bits per heavy atom. The molecule has 3 aromatic rings. The summed E-state index contributed by atoms with van der Waals surface area (Å²) in [5.74, 6) is 0. The molecule has 126 valence electrons. The molecule has 3 rings (SSSR count). The van der Waals surface area contributed by atoms with Gasteiger partial charge in [-0.3, -0.25) is 0 Å². The molecule has 0 atom stereocenters. The fourth-order valence-electron chi connectivity index (χ4n) is 2.49. The zero-order valence-corrected chi connectivity index (χ0v) is 15.8. The van der Waals surface area contributed by atoms with E-state index in [2.05, 4.69) is 30.7 Å². The standard InChI is InChI=1S/C18H20N2O2S2/c1-12-5-7-13(8-6-12)24(21,22)23-17-10-16-15(19-11-20-16)9-14(17)18(2,3)4/h5-11H,1-4H3,(H,19,20). The molecule has 0 aliphatic rings. The number of nitrogens with zero attached hydrogens (tertiary/aromatic N) is 1. The number of benzene rings is 2. The summed E-state index contributed by atoms with van der Waals surface area (Å²) in [5, 5.41) is 0. The van der Waals surface area contributed by atoms with Crippen molar-refractivity contribution >= 4 is 30.7 Å². The van der Waals surface area contributed by atoms with Crippen LogP contribution in [0.1, 0.15) is 31.9 Å². The van der Waals surface area contributed by atoms with E-state index < -0.39 is 8.87 Å². The number of H-pyrrole nitrogens is 1. The minimum absolute atomic E-state index is 0.176. The molecule has 0 aliphatic carbocycles. The Labute approximate surface area is 146 Å². The van der Waals surface area contributed by atoms with E-state index in [0.29, 0.717) is 4.90 Å². The van der Waals surface area contributed by atoms with Crippen molar-refractivity contribution in [3.8, 4) is 0 Å². The topological polar surface area (TPSA) is 62.8 Å². The Kier molecular flexibility index (Phi) is 4.21. The van der Waals surface area contributed by atoms with Crippen LogP contribution in [0.5, 0.6) is 0 Å². The van der Waals surface area contributed by atoms with E-state index in [-0.39, 0.29) is 5.41 Å². The number of imidazole rings is 1. The van der Waals surface area contributed by atoms with Gasteiger partial charge in [-0.2, -0.15) is 0 Å². The molecule has 2 aromatic carbocycles. The van der Waals surface area contributed by atoms with E-state index in [4.69, 9.17) is 0 Å². The molecule has 1 aromatic heterocycles. The summed E-state index contributed by atoms with van der Waals surface area (Å²) < 4.78 is 25.6. The van der Waals surface area contributed by atoms with Gasteiger partial charge in [0.15, 0.2) is 0 Å². The van der Waals surface area contributed by atoms with Crippen molar-refractivity contribution in [3.05, 3.63) is 53.9 Å². The molecule has 0 spiro atoms. The van der Waals surface area contributed by atoms with E-state index in [1.807, 2.05) is 31.2 Å². The minimum atomic E-state index is -3.49. The van der Waals surface area contributed by atoms with Crippen molar-refractivity contribution in [1.29, 1.82) is 0 Å². The Morgan fingerprint density at radius 1 is 1.08 bits per heavy atom. The molecule has 1 N–H and O–H groups in total. The maximum atomic E-state index is 12.8. The van der Waals surface area contributed by atoms with Gasteiger partial charge in [0.25, 0.3) is 0 Å². The van der Waals surface area contributed by atoms with Crippen molar-refractivity contribution in [3.63, 3.8) is 0 Å². The van der Waals surface area contributed by atoms with Crippen LogP contribution in [0.15, 0.2) is 52.5 Å². The molecular weight excluding hydrogens is 340 g/mol. The summed E-state index contributed by atoms with van der Waals surface area (Å²) in [6.07, 6.45) is 1.63. The number of hydrogen-bond acceptors (Lipinski definition) is 4. The van der Waals surface area contributed by atoms with Gasteiger partial charge < -0.3 is 4.98 Å². The highest BCUT2D eigenvalue weighted by atomic mass is 33.1. The second-order valence-corrected chi connectivity index (χ2v) is 10.7. The van der Waals surface area contributed by atoms with E-state index in [1.165, 1.54) is 0 Å². The number of aromatic amines is 1. The van der Waals surface area contributed by atoms with Crippen LogP contribution in [-0.4, -0.2) is 18.4 Å². The molecule has 0 radical (unpaired) electrons. The first-order valence-electron chi connectivity index (χ1n) is 7.65. The van der Waals surface area contributed by atoms with E-state index in [9.17, 15) is 8.42 Å². The highest BCUT2D eigenvalue weighted by Gasteiger charge is 2.25. The third-order valence-corrected chi connectivity index (χ3v) is 7.20. The summed E-state index contributed by atoms with van der Waals surface area (Å²) in [4.78, 5) is 8.39. The van der Waals surface area contributed by atoms with Gasteiger partial charge in [0.1, 0.15) is 0 Å². The van der Waals surface area contributed by atoms with Gasteiger partial charge in [-0.15, -0.1) is 0 Å². The number of nitrogens with one attached hydrogen (secondary N) is 1. The van der Waals surface area contributed by atoms with Crippen LogP contribution in [0.3, 0.4) is 0 Å². The Hall–Kier alpha value is -1.79. The molecule has 0 saturated heterocycles. The second kappa shape index (κ2) is 5.93. The fourth-order valence-corrected chi connectivity index (χ4v) is 5.65. The van der Waals surface area contributed by atoms with Gasteiger partial charge in [-0.25, -0.2) is 13.4 Å². The molecule has 0 amide bonds. The summed E-state index contributed by atoms with van der Waals surface area (Å²) in [5.41, 5.74) is 3.53. The lowest BCUT2D eigenvalue weighted by molar-refractivity contribution is 0.579. The largest absolute Gasteiger partial charge is 0.345 e. The zero-order valence-electron chi connectivity index (χ0n) is 14.1. The average molecular weight is 361 g/mol. The molecule has 1 heterocycles. The van der Waals surface area contributed by atoms with Gasteiger partial charge in [-0.05, 0) is 42.2 Å². The number of aryl methyl sites for hydroxylation is 1. The SMILES string of the molecule is Cc1ccc(S(=O)(=O)Sc2cc3nc[nH]c3cc2C(C)(C)C)cc1. The predicted octanol–water partition coefficient (Wildman–Crippen LogP) is 4.65. The van der Waals surface area contributed by atoms with Gasteiger partial charge in [0.2, 0.25) is 8.87 Å². The third kappa shape index (κ3) is 3.35. The lowest BCUT2D eigenvalue weighted by atomic mass is 9.87. The molecule has 0 bridgehead atoms. The second-order valence-electron chi connectivity index (χ2n) is 6.87. The van der Waals surface area contributed by atoms with Crippen molar-refractivity contribution in [2.45, 2.75) is 42.9 Å². The first-order chi connectivity index (χ1) is 11.2. The van der Waals surface area contributed by atoms with Crippen molar-refractivity contribution < 1.29 is 8.42 Å². The highest BCUT2D eigenvalue weighted by Crippen LogP contribution is 2.39. The number of aromatic nitrogens is 2. The first-order valence-corrected chi connectivity index (χ1v) is 10.5. The maximum absolute atomic E-state index is 12.8. The molecule has 0 aliphatic heterocycles. The van der Waals surface area contributed by atoms with E-state index in [1.54, 1.807) is 18.5 Å². The number of rotatable bonds is 3. The Bertz CT molecular complexity index is 982. The highest BCUT2D eigenvalue weighted by molar-refractivity contribution is 8.72. The van der Waals surface area contributed by atoms with E-state index >= 15 is 0 Å². The van der Waals surface area contributed by atoms with Gasteiger partial charge in [-0.1, -0.05) is 38.5 Å². The van der Waals surface area contributed by atoms with Gasteiger partial charge in [0.05, 0.1) is 22.3 Å². The van der Waals surface area contributed by atoms with Gasteiger partial charge >= 0.3 is 0 Å². The zero-order chi connectivity index (χ0) is 17.5. The Balaban J connectivity index is 2.09. The predicted molar refractivity (Wildman–Crippen MR) is 99.0 cm³/mol. The smallest absolute Gasteiger partial charge is 0.234 e. The van der Waals surface area contributed by atoms with Crippen molar-refractivity contribution in [1.82, 2.24) is 9.97 Å². The van der Waals surface area contributed by atoms with E-state index in [0.717, 1.165) is 37.8 Å². The van der Waals surface area contributed by atoms with Crippen LogP contribution in [0.4, 0.5) is 0 Å². The van der Waals surface area contributed by atoms with Crippen LogP contribution in [-0.2, 0) is 14.3 Å². The quantitative estimate of drug-likeness (QED) is 0.691. The van der Waals surface area contributed by atoms with Crippen LogP contribution in [0.2, 0.25) is 0 Å². The lowest BCUT2D eigenvalue weighted by Gasteiger charge is -2.22. The number of fused-ring (bicyclic) bond motifs is 1.